The number of aliphatic hydroxyl groups excluding tert-OH is 2. The molecule has 0 saturated carbocycles. The lowest BCUT2D eigenvalue weighted by Crippen LogP contribution is -2.60. The molecule has 12 heteroatoms. The number of rotatable bonds is 14. The van der Waals surface area contributed by atoms with E-state index in [4.69, 9.17) is 5.73 Å². The molecule has 8 N–H and O–H groups in total. The number of amides is 3. The zero-order valence-electron chi connectivity index (χ0n) is 18.6. The molecular weight excluding hydrogens is 428 g/mol. The van der Waals surface area contributed by atoms with E-state index in [1.54, 1.807) is 13.8 Å². The Labute approximate surface area is 186 Å². The Morgan fingerprint density at radius 3 is 1.87 bits per heavy atom. The fraction of sp³-hybridized carbons (Fsp3) is 0.789. The first-order chi connectivity index (χ1) is 14.4. The molecule has 0 spiro atoms. The van der Waals surface area contributed by atoms with E-state index >= 15 is 0 Å². The number of hydrogen-bond acceptors (Lipinski definition) is 8. The van der Waals surface area contributed by atoms with E-state index in [0.29, 0.717) is 12.2 Å². The van der Waals surface area contributed by atoms with Crippen molar-refractivity contribution in [2.24, 2.45) is 11.7 Å². The number of carboxylic acid groups (broad SMARTS) is 1. The molecule has 0 saturated heterocycles. The minimum absolute atomic E-state index is 0.255. The highest BCUT2D eigenvalue weighted by Crippen LogP contribution is 2.11. The molecule has 0 aromatic carbocycles. The second-order valence-corrected chi connectivity index (χ2v) is 8.53. The normalized spacial score (nSPS) is 17.9. The number of nitrogens with one attached hydrogen (secondary N) is 3. The summed E-state index contributed by atoms with van der Waals surface area (Å²) in [5.41, 5.74) is 5.63. The van der Waals surface area contributed by atoms with Crippen molar-refractivity contribution >= 4 is 35.5 Å². The maximum Gasteiger partial charge on any atom is 0.328 e. The number of thioether (sulfide) groups is 1. The molecule has 31 heavy (non-hydrogen) atoms. The monoisotopic (exact) mass is 464 g/mol. The van der Waals surface area contributed by atoms with E-state index in [0.717, 1.165) is 0 Å². The van der Waals surface area contributed by atoms with Crippen molar-refractivity contribution in [2.45, 2.75) is 76.9 Å². The van der Waals surface area contributed by atoms with Gasteiger partial charge in [0.15, 0.2) is 6.04 Å². The molecule has 0 aromatic rings. The van der Waals surface area contributed by atoms with Crippen LogP contribution in [0.4, 0.5) is 0 Å². The number of nitrogens with two attached hydrogens (primary N) is 1. The van der Waals surface area contributed by atoms with Crippen molar-refractivity contribution in [2.75, 3.05) is 12.0 Å². The zero-order valence-corrected chi connectivity index (χ0v) is 19.4. The van der Waals surface area contributed by atoms with Crippen molar-refractivity contribution in [3.63, 3.8) is 0 Å². The molecule has 0 heterocycles. The average molecular weight is 465 g/mol. The molecule has 0 aromatic heterocycles. The van der Waals surface area contributed by atoms with Crippen LogP contribution in [0.3, 0.4) is 0 Å². The summed E-state index contributed by atoms with van der Waals surface area (Å²) >= 11 is 1.46. The van der Waals surface area contributed by atoms with Crippen molar-refractivity contribution in [1.29, 1.82) is 0 Å². The van der Waals surface area contributed by atoms with Crippen molar-refractivity contribution in [3.8, 4) is 0 Å². The Kier molecular flexibility index (Phi) is 13.4. The molecule has 0 radical (unpaired) electrons. The van der Waals surface area contributed by atoms with Gasteiger partial charge in [-0.3, -0.25) is 14.4 Å². The van der Waals surface area contributed by atoms with Gasteiger partial charge in [-0.1, -0.05) is 20.3 Å². The highest BCUT2D eigenvalue weighted by molar-refractivity contribution is 7.98. The molecule has 0 aliphatic carbocycles. The predicted octanol–water partition coefficient (Wildman–Crippen LogP) is -1.59. The first-order valence-electron chi connectivity index (χ1n) is 10.1. The third kappa shape index (κ3) is 9.85. The quantitative estimate of drug-likeness (QED) is 0.159. The Morgan fingerprint density at radius 1 is 0.903 bits per heavy atom. The van der Waals surface area contributed by atoms with Gasteiger partial charge in [0, 0.05) is 0 Å². The molecule has 7 atom stereocenters. The largest absolute Gasteiger partial charge is 0.480 e. The van der Waals surface area contributed by atoms with E-state index in [1.165, 1.54) is 25.6 Å². The smallest absolute Gasteiger partial charge is 0.328 e. The summed E-state index contributed by atoms with van der Waals surface area (Å²) in [7, 11) is 0. The minimum Gasteiger partial charge on any atom is -0.480 e. The molecule has 0 bridgehead atoms. The predicted molar refractivity (Wildman–Crippen MR) is 117 cm³/mol. The van der Waals surface area contributed by atoms with Crippen LogP contribution in [-0.2, 0) is 19.2 Å². The SMILES string of the molecule is CCC(C)C(NC(=O)C(CCSC)NC(=O)C(N)C(C)O)C(=O)NC(C(=O)O)C(C)O. The third-order valence-corrected chi connectivity index (χ3v) is 5.55. The van der Waals surface area contributed by atoms with E-state index in [1.807, 2.05) is 6.26 Å². The number of hydrogen-bond donors (Lipinski definition) is 7. The fourth-order valence-electron chi connectivity index (χ4n) is 2.58. The summed E-state index contributed by atoms with van der Waals surface area (Å²) in [6, 6.07) is -4.85. The minimum atomic E-state index is -1.54. The van der Waals surface area contributed by atoms with Crippen LogP contribution in [0.15, 0.2) is 0 Å². The van der Waals surface area contributed by atoms with Gasteiger partial charge in [0.25, 0.3) is 0 Å². The van der Waals surface area contributed by atoms with Gasteiger partial charge < -0.3 is 37.0 Å². The van der Waals surface area contributed by atoms with Gasteiger partial charge in [-0.05, 0) is 38.2 Å². The molecule has 0 fully saturated rings. The number of aliphatic carboxylic acids is 1. The Bertz CT molecular complexity index is 618. The highest BCUT2D eigenvalue weighted by atomic mass is 32.2. The lowest BCUT2D eigenvalue weighted by Gasteiger charge is -2.28. The van der Waals surface area contributed by atoms with Crippen LogP contribution in [0.2, 0.25) is 0 Å². The molecule has 11 nitrogen and oxygen atoms in total. The zero-order chi connectivity index (χ0) is 24.3. The van der Waals surface area contributed by atoms with Crippen LogP contribution in [0.1, 0.15) is 40.5 Å². The lowest BCUT2D eigenvalue weighted by molar-refractivity contribution is -0.145. The second kappa shape index (κ2) is 14.2. The number of carbonyl (C=O) groups is 4. The van der Waals surface area contributed by atoms with E-state index < -0.39 is 60.1 Å². The van der Waals surface area contributed by atoms with Gasteiger partial charge in [-0.15, -0.1) is 0 Å². The van der Waals surface area contributed by atoms with Crippen LogP contribution >= 0.6 is 11.8 Å². The molecule has 3 amide bonds. The van der Waals surface area contributed by atoms with Gasteiger partial charge in [0.05, 0.1) is 12.2 Å². The van der Waals surface area contributed by atoms with Crippen LogP contribution in [0, 0.1) is 5.92 Å². The first-order valence-corrected chi connectivity index (χ1v) is 11.5. The van der Waals surface area contributed by atoms with Gasteiger partial charge in [-0.2, -0.15) is 11.8 Å². The molecule has 180 valence electrons. The van der Waals surface area contributed by atoms with Crippen molar-refractivity contribution in [1.82, 2.24) is 16.0 Å². The molecule has 0 rings (SSSR count). The van der Waals surface area contributed by atoms with E-state index in [9.17, 15) is 34.5 Å². The van der Waals surface area contributed by atoms with Crippen LogP contribution in [0.5, 0.6) is 0 Å². The standard InChI is InChI=1S/C19H36N4O7S/c1-6-9(2)14(18(28)23-15(11(4)25)19(29)30)22-16(26)12(7-8-31-5)21-17(27)13(20)10(3)24/h9-15,24-25H,6-8,20H2,1-5H3,(H,21,27)(H,22,26)(H,23,28)(H,29,30). The van der Waals surface area contributed by atoms with Crippen LogP contribution in [-0.4, -0.2) is 87.4 Å². The van der Waals surface area contributed by atoms with Gasteiger partial charge in [-0.25, -0.2) is 4.79 Å². The molecule has 0 aliphatic heterocycles. The molecular formula is C19H36N4O7S. The van der Waals surface area contributed by atoms with Gasteiger partial charge >= 0.3 is 5.97 Å². The summed E-state index contributed by atoms with van der Waals surface area (Å²) < 4.78 is 0. The highest BCUT2D eigenvalue weighted by Gasteiger charge is 2.34. The average Bonchev–Trinajstić information content (AvgIpc) is 2.70. The number of aliphatic hydroxyl groups is 2. The summed E-state index contributed by atoms with van der Waals surface area (Å²) in [6.07, 6.45) is 0.127. The molecule has 0 aliphatic rings. The topological polar surface area (TPSA) is 191 Å². The summed E-state index contributed by atoms with van der Waals surface area (Å²) in [5.74, 6) is -3.33. The van der Waals surface area contributed by atoms with E-state index in [-0.39, 0.29) is 12.3 Å². The first kappa shape index (κ1) is 29.1. The summed E-state index contributed by atoms with van der Waals surface area (Å²) in [5, 5.41) is 35.6. The maximum absolute atomic E-state index is 12.9. The van der Waals surface area contributed by atoms with E-state index in [2.05, 4.69) is 16.0 Å². The number of carboxylic acids is 1. The summed E-state index contributed by atoms with van der Waals surface area (Å²) in [6.45, 7) is 6.09. The third-order valence-electron chi connectivity index (χ3n) is 4.91. The lowest BCUT2D eigenvalue weighted by atomic mass is 9.97. The van der Waals surface area contributed by atoms with Crippen molar-refractivity contribution < 1.29 is 34.5 Å². The Hall–Kier alpha value is -1.89. The number of carbonyl (C=O) groups excluding carboxylic acids is 3. The van der Waals surface area contributed by atoms with Gasteiger partial charge in [0.2, 0.25) is 17.7 Å². The van der Waals surface area contributed by atoms with Crippen molar-refractivity contribution in [3.05, 3.63) is 0 Å². The summed E-state index contributed by atoms with van der Waals surface area (Å²) in [4.78, 5) is 49.1. The Morgan fingerprint density at radius 2 is 1.45 bits per heavy atom. The Balaban J connectivity index is 5.52. The maximum atomic E-state index is 12.9. The second-order valence-electron chi connectivity index (χ2n) is 7.55. The van der Waals surface area contributed by atoms with Crippen LogP contribution < -0.4 is 21.7 Å². The molecule has 7 unspecified atom stereocenters. The van der Waals surface area contributed by atoms with Gasteiger partial charge in [0.1, 0.15) is 18.1 Å². The van der Waals surface area contributed by atoms with Crippen LogP contribution in [0.25, 0.3) is 0 Å². The fourth-order valence-corrected chi connectivity index (χ4v) is 3.05.